The minimum Gasteiger partial charge on any atom is -0.314 e. The summed E-state index contributed by atoms with van der Waals surface area (Å²) in [6.07, 6.45) is 0. The van der Waals surface area contributed by atoms with E-state index in [2.05, 4.69) is 188 Å². The number of nitrogens with zero attached hydrogens (tertiary/aromatic N) is 2. The molecule has 0 bridgehead atoms. The molecule has 0 saturated heterocycles. The standard InChI is InChI=1S/C50H48N2/c1-29-31(3)51(37-21-19-33-15-11-13-17-35(33)23-37)45-27-43-41(25-39(29)45)47(49(5,6)7)44-28-46-40(26-42(44)48(43)50(8,9)10)30(2)32(4)52(46)38-22-20-34-16-12-14-18-36(34)24-38/h11-28H,1-10H3. The predicted molar refractivity (Wildman–Crippen MR) is 226 cm³/mol. The van der Waals surface area contributed by atoms with Gasteiger partial charge in [0.25, 0.3) is 0 Å². The lowest BCUT2D eigenvalue weighted by Gasteiger charge is -2.31. The Morgan fingerprint density at radius 2 is 0.712 bits per heavy atom. The Kier molecular flexibility index (Phi) is 6.94. The van der Waals surface area contributed by atoms with Crippen molar-refractivity contribution in [3.05, 3.63) is 143 Å². The fourth-order valence-electron chi connectivity index (χ4n) is 9.26. The zero-order chi connectivity index (χ0) is 36.4. The van der Waals surface area contributed by atoms with Crippen LogP contribution in [-0.4, -0.2) is 9.13 Å². The van der Waals surface area contributed by atoms with Gasteiger partial charge in [0.2, 0.25) is 0 Å². The van der Waals surface area contributed by atoms with Crippen molar-refractivity contribution in [2.75, 3.05) is 0 Å². The van der Waals surface area contributed by atoms with Gasteiger partial charge in [0.05, 0.1) is 11.0 Å². The van der Waals surface area contributed by atoms with Gasteiger partial charge in [0, 0.05) is 33.5 Å². The van der Waals surface area contributed by atoms with Gasteiger partial charge in [0.1, 0.15) is 0 Å². The van der Waals surface area contributed by atoms with Crippen LogP contribution >= 0.6 is 0 Å². The molecule has 0 aliphatic carbocycles. The van der Waals surface area contributed by atoms with Gasteiger partial charge in [-0.15, -0.1) is 0 Å². The van der Waals surface area contributed by atoms with Gasteiger partial charge >= 0.3 is 0 Å². The summed E-state index contributed by atoms with van der Waals surface area (Å²) >= 11 is 0. The molecule has 2 nitrogen and oxygen atoms in total. The quantitative estimate of drug-likeness (QED) is 0.161. The van der Waals surface area contributed by atoms with Gasteiger partial charge < -0.3 is 9.13 Å². The second kappa shape index (κ2) is 11.1. The van der Waals surface area contributed by atoms with E-state index >= 15 is 0 Å². The largest absolute Gasteiger partial charge is 0.314 e. The Morgan fingerprint density at radius 3 is 1.08 bits per heavy atom. The lowest BCUT2D eigenvalue weighted by Crippen LogP contribution is -2.17. The van der Waals surface area contributed by atoms with Gasteiger partial charge in [-0.25, -0.2) is 0 Å². The van der Waals surface area contributed by atoms with Gasteiger partial charge in [-0.2, -0.15) is 0 Å². The maximum Gasteiger partial charge on any atom is 0.0540 e. The Bertz CT molecular complexity index is 2750. The van der Waals surface area contributed by atoms with E-state index in [0.29, 0.717) is 0 Å². The molecule has 52 heavy (non-hydrogen) atoms. The summed E-state index contributed by atoms with van der Waals surface area (Å²) in [5.74, 6) is 0. The van der Waals surface area contributed by atoms with Crippen LogP contribution in [0.2, 0.25) is 0 Å². The second-order valence-electron chi connectivity index (χ2n) is 17.2. The van der Waals surface area contributed by atoms with Crippen LogP contribution in [0.15, 0.2) is 109 Å². The number of aromatic nitrogens is 2. The molecule has 258 valence electrons. The lowest BCUT2D eigenvalue weighted by atomic mass is 9.73. The summed E-state index contributed by atoms with van der Waals surface area (Å²) < 4.78 is 4.98. The van der Waals surface area contributed by atoms with Crippen molar-refractivity contribution in [2.24, 2.45) is 0 Å². The highest BCUT2D eigenvalue weighted by Crippen LogP contribution is 2.48. The highest BCUT2D eigenvalue weighted by atomic mass is 15.0. The lowest BCUT2D eigenvalue weighted by molar-refractivity contribution is 0.593. The molecule has 9 rings (SSSR count). The summed E-state index contributed by atoms with van der Waals surface area (Å²) in [5.41, 5.74) is 12.9. The maximum absolute atomic E-state index is 2.53. The van der Waals surface area contributed by atoms with Crippen LogP contribution in [-0.2, 0) is 10.8 Å². The molecule has 0 unspecified atom stereocenters. The van der Waals surface area contributed by atoms with Gasteiger partial charge in [0.15, 0.2) is 0 Å². The molecule has 0 aliphatic rings. The first-order chi connectivity index (χ1) is 24.7. The molecular formula is C50H48N2. The summed E-state index contributed by atoms with van der Waals surface area (Å²) in [6, 6.07) is 41.2. The fourth-order valence-corrected chi connectivity index (χ4v) is 9.26. The molecule has 0 amide bonds. The molecule has 2 heterocycles. The first kappa shape index (κ1) is 32.6. The number of rotatable bonds is 2. The Balaban J connectivity index is 1.43. The summed E-state index contributed by atoms with van der Waals surface area (Å²) in [6.45, 7) is 23.5. The van der Waals surface area contributed by atoms with Crippen molar-refractivity contribution in [3.8, 4) is 11.4 Å². The third kappa shape index (κ3) is 4.69. The molecule has 0 N–H and O–H groups in total. The Morgan fingerprint density at radius 1 is 0.365 bits per heavy atom. The molecule has 0 spiro atoms. The van der Waals surface area contributed by atoms with E-state index in [0.717, 1.165) is 0 Å². The number of hydrogen-bond donors (Lipinski definition) is 0. The van der Waals surface area contributed by atoms with Crippen LogP contribution < -0.4 is 0 Å². The highest BCUT2D eigenvalue weighted by molar-refractivity contribution is 6.15. The van der Waals surface area contributed by atoms with Gasteiger partial charge in [-0.1, -0.05) is 102 Å². The van der Waals surface area contributed by atoms with Crippen molar-refractivity contribution < 1.29 is 0 Å². The minimum absolute atomic E-state index is 0.0947. The Labute approximate surface area is 307 Å². The zero-order valence-electron chi connectivity index (χ0n) is 32.3. The van der Waals surface area contributed by atoms with E-state index in [9.17, 15) is 0 Å². The van der Waals surface area contributed by atoms with Crippen LogP contribution in [0.3, 0.4) is 0 Å². The molecule has 0 fully saturated rings. The van der Waals surface area contributed by atoms with Gasteiger partial charge in [-0.05, 0) is 152 Å². The van der Waals surface area contributed by atoms with E-state index in [4.69, 9.17) is 0 Å². The topological polar surface area (TPSA) is 9.86 Å². The number of benzene rings is 7. The van der Waals surface area contributed by atoms with Crippen LogP contribution in [0.25, 0.3) is 76.3 Å². The average molecular weight is 677 g/mol. The third-order valence-corrected chi connectivity index (χ3v) is 11.9. The molecule has 0 saturated carbocycles. The van der Waals surface area contributed by atoms with Crippen LogP contribution in [0.1, 0.15) is 75.2 Å². The van der Waals surface area contributed by atoms with Gasteiger partial charge in [-0.3, -0.25) is 0 Å². The van der Waals surface area contributed by atoms with Crippen molar-refractivity contribution >= 4 is 64.9 Å². The van der Waals surface area contributed by atoms with Crippen molar-refractivity contribution in [1.29, 1.82) is 0 Å². The molecule has 0 aliphatic heterocycles. The molecule has 0 radical (unpaired) electrons. The van der Waals surface area contributed by atoms with Crippen LogP contribution in [0, 0.1) is 27.7 Å². The SMILES string of the molecule is Cc1c(C)n(-c2ccc3ccccc3c2)c2cc3c(C(C)(C)C)c4cc5c(C)c(C)n(-c6ccc7ccccc7c6)c5cc4c(C(C)(C)C)c3cc12. The fraction of sp³-hybridized carbons (Fsp3) is 0.240. The number of aryl methyl sites for hydroxylation is 2. The molecule has 2 aromatic heterocycles. The van der Waals surface area contributed by atoms with E-state index in [1.165, 1.54) is 110 Å². The van der Waals surface area contributed by atoms with E-state index in [1.54, 1.807) is 0 Å². The normalized spacial score (nSPS) is 12.8. The first-order valence-corrected chi connectivity index (χ1v) is 18.8. The van der Waals surface area contributed by atoms with E-state index in [-0.39, 0.29) is 10.8 Å². The smallest absolute Gasteiger partial charge is 0.0540 e. The molecular weight excluding hydrogens is 629 g/mol. The van der Waals surface area contributed by atoms with Crippen molar-refractivity contribution in [2.45, 2.75) is 80.1 Å². The Hall–Kier alpha value is -5.34. The maximum atomic E-state index is 2.53. The van der Waals surface area contributed by atoms with Crippen LogP contribution in [0.4, 0.5) is 0 Å². The average Bonchev–Trinajstić information content (AvgIpc) is 3.49. The predicted octanol–water partition coefficient (Wildman–Crippen LogP) is 14.0. The minimum atomic E-state index is -0.0947. The number of hydrogen-bond acceptors (Lipinski definition) is 0. The van der Waals surface area contributed by atoms with Crippen molar-refractivity contribution in [1.82, 2.24) is 9.13 Å². The van der Waals surface area contributed by atoms with Crippen molar-refractivity contribution in [3.63, 3.8) is 0 Å². The molecule has 7 aromatic carbocycles. The third-order valence-electron chi connectivity index (χ3n) is 11.9. The second-order valence-corrected chi connectivity index (χ2v) is 17.2. The molecule has 2 heteroatoms. The zero-order valence-corrected chi connectivity index (χ0v) is 32.3. The summed E-state index contributed by atoms with van der Waals surface area (Å²) in [4.78, 5) is 0. The summed E-state index contributed by atoms with van der Waals surface area (Å²) in [5, 5.41) is 13.2. The molecule has 0 atom stereocenters. The summed E-state index contributed by atoms with van der Waals surface area (Å²) in [7, 11) is 0. The first-order valence-electron chi connectivity index (χ1n) is 18.8. The van der Waals surface area contributed by atoms with E-state index in [1.807, 2.05) is 0 Å². The van der Waals surface area contributed by atoms with Crippen LogP contribution in [0.5, 0.6) is 0 Å². The monoisotopic (exact) mass is 676 g/mol. The number of fused-ring (bicyclic) bond motifs is 6. The van der Waals surface area contributed by atoms with E-state index < -0.39 is 0 Å². The highest BCUT2D eigenvalue weighted by Gasteiger charge is 2.30. The molecule has 9 aromatic rings.